The van der Waals surface area contributed by atoms with Gasteiger partial charge < -0.3 is 28.6 Å². The maximum absolute atomic E-state index is 13.2. The Labute approximate surface area is 223 Å². The summed E-state index contributed by atoms with van der Waals surface area (Å²) in [5.74, 6) is 0.350. The molecule has 2 unspecified atom stereocenters. The van der Waals surface area contributed by atoms with Gasteiger partial charge in [0.05, 0.1) is 49.9 Å². The molecule has 2 bridgehead atoms. The van der Waals surface area contributed by atoms with Gasteiger partial charge in [0.25, 0.3) is 0 Å². The predicted molar refractivity (Wildman–Crippen MR) is 137 cm³/mol. The monoisotopic (exact) mass is 535 g/mol. The van der Waals surface area contributed by atoms with Crippen LogP contribution in [0.5, 0.6) is 5.75 Å². The first kappa shape index (κ1) is 24.4. The average molecular weight is 536 g/mol. The number of alkyl halides is 2. The van der Waals surface area contributed by atoms with Crippen molar-refractivity contribution in [2.24, 2.45) is 0 Å². The van der Waals surface area contributed by atoms with Crippen LogP contribution in [0.15, 0.2) is 55.0 Å². The third-order valence-electron chi connectivity index (χ3n) is 7.84. The predicted octanol–water partition coefficient (Wildman–Crippen LogP) is 3.74. The number of nitrogens with zero attached hydrogens (tertiary/aromatic N) is 5. The molecule has 0 radical (unpaired) electrons. The number of pyridine rings is 1. The van der Waals surface area contributed by atoms with Crippen molar-refractivity contribution >= 4 is 11.6 Å². The van der Waals surface area contributed by atoms with Crippen molar-refractivity contribution in [1.82, 2.24) is 19.4 Å². The molecule has 0 saturated carbocycles. The number of imidazole rings is 1. The second-order valence-corrected chi connectivity index (χ2v) is 10.5. The summed E-state index contributed by atoms with van der Waals surface area (Å²) >= 11 is 0. The zero-order chi connectivity index (χ0) is 26.7. The lowest BCUT2D eigenvalue weighted by Crippen LogP contribution is -2.60. The van der Waals surface area contributed by atoms with Crippen molar-refractivity contribution in [2.75, 3.05) is 31.3 Å². The number of ether oxygens (including phenoxy) is 3. The van der Waals surface area contributed by atoms with Crippen LogP contribution in [-0.4, -0.2) is 69.6 Å². The summed E-state index contributed by atoms with van der Waals surface area (Å²) in [6.45, 7) is 1.09. The van der Waals surface area contributed by atoms with Crippen LogP contribution in [0, 0.1) is 0 Å². The zero-order valence-corrected chi connectivity index (χ0v) is 21.2. The van der Waals surface area contributed by atoms with Crippen LogP contribution in [0.1, 0.15) is 36.2 Å². The van der Waals surface area contributed by atoms with Gasteiger partial charge in [0.1, 0.15) is 17.0 Å². The second kappa shape index (κ2) is 9.22. The lowest BCUT2D eigenvalue weighted by molar-refractivity contribution is -0.0506. The lowest BCUT2D eigenvalue weighted by Gasteiger charge is -2.45. The first-order valence-corrected chi connectivity index (χ1v) is 12.9. The minimum absolute atomic E-state index is 0.0922. The Bertz CT molecular complexity index is 1500. The third-order valence-corrected chi connectivity index (χ3v) is 7.84. The number of anilines is 1. The third kappa shape index (κ3) is 4.12. The molecule has 3 aromatic heterocycles. The molecule has 39 heavy (non-hydrogen) atoms. The molecule has 1 N–H and O–H groups in total. The van der Waals surface area contributed by atoms with E-state index < -0.39 is 18.1 Å². The van der Waals surface area contributed by atoms with Gasteiger partial charge in [-0.15, -0.1) is 0 Å². The van der Waals surface area contributed by atoms with Crippen LogP contribution in [0.2, 0.25) is 0 Å². The summed E-state index contributed by atoms with van der Waals surface area (Å²) in [6, 6.07) is 10.7. The van der Waals surface area contributed by atoms with Crippen molar-refractivity contribution in [3.05, 3.63) is 71.9 Å². The van der Waals surface area contributed by atoms with Gasteiger partial charge in [-0.25, -0.2) is 15.0 Å². The SMILES string of the molecule is CC1(O)CC(c2ccccc2OC(F)F)c2c1nc1ccc(-c3cnc(N4C5COCC4COC5)nc3)cn21. The molecule has 2 aliphatic heterocycles. The molecule has 2 fully saturated rings. The van der Waals surface area contributed by atoms with E-state index in [1.807, 2.05) is 22.7 Å². The minimum atomic E-state index is -2.95. The number of hydrogen-bond acceptors (Lipinski definition) is 8. The van der Waals surface area contributed by atoms with E-state index in [-0.39, 0.29) is 17.8 Å². The quantitative estimate of drug-likeness (QED) is 0.413. The van der Waals surface area contributed by atoms with Crippen molar-refractivity contribution < 1.29 is 28.1 Å². The number of para-hydroxylation sites is 1. The fraction of sp³-hybridized carbons (Fsp3) is 0.393. The molecule has 1 aliphatic carbocycles. The van der Waals surface area contributed by atoms with E-state index >= 15 is 0 Å². The summed E-state index contributed by atoms with van der Waals surface area (Å²) in [7, 11) is 0. The lowest BCUT2D eigenvalue weighted by atomic mass is 9.93. The molecule has 0 amide bonds. The van der Waals surface area contributed by atoms with Crippen LogP contribution in [0.25, 0.3) is 16.8 Å². The Morgan fingerprint density at radius 2 is 1.69 bits per heavy atom. The van der Waals surface area contributed by atoms with Gasteiger partial charge in [0.15, 0.2) is 0 Å². The largest absolute Gasteiger partial charge is 0.435 e. The Balaban J connectivity index is 1.27. The summed E-state index contributed by atoms with van der Waals surface area (Å²) < 4.78 is 44.5. The van der Waals surface area contributed by atoms with E-state index in [4.69, 9.17) is 19.2 Å². The maximum Gasteiger partial charge on any atom is 0.387 e. The van der Waals surface area contributed by atoms with Gasteiger partial charge in [0, 0.05) is 41.2 Å². The molecule has 2 atom stereocenters. The molecule has 7 rings (SSSR count). The van der Waals surface area contributed by atoms with Gasteiger partial charge in [0.2, 0.25) is 5.95 Å². The van der Waals surface area contributed by atoms with E-state index in [0.29, 0.717) is 55.7 Å². The average Bonchev–Trinajstić information content (AvgIpc) is 3.43. The van der Waals surface area contributed by atoms with Crippen LogP contribution in [0.3, 0.4) is 0 Å². The molecule has 4 aromatic rings. The van der Waals surface area contributed by atoms with E-state index in [0.717, 1.165) is 16.8 Å². The van der Waals surface area contributed by atoms with Crippen molar-refractivity contribution in [3.8, 4) is 16.9 Å². The number of rotatable bonds is 5. The number of aromatic nitrogens is 4. The molecule has 2 saturated heterocycles. The van der Waals surface area contributed by atoms with E-state index in [2.05, 4.69) is 14.9 Å². The summed E-state index contributed by atoms with van der Waals surface area (Å²) in [5.41, 5.74) is 2.97. The fourth-order valence-corrected chi connectivity index (χ4v) is 6.11. The van der Waals surface area contributed by atoms with Crippen LogP contribution in [0.4, 0.5) is 14.7 Å². The molecule has 5 heterocycles. The summed E-state index contributed by atoms with van der Waals surface area (Å²) in [6.07, 6.45) is 5.82. The molecule has 202 valence electrons. The Hall–Kier alpha value is -3.67. The fourth-order valence-electron chi connectivity index (χ4n) is 6.11. The first-order valence-electron chi connectivity index (χ1n) is 12.9. The van der Waals surface area contributed by atoms with Crippen molar-refractivity contribution in [3.63, 3.8) is 0 Å². The van der Waals surface area contributed by atoms with Gasteiger partial charge in [-0.1, -0.05) is 18.2 Å². The molecule has 9 nitrogen and oxygen atoms in total. The molecule has 1 aromatic carbocycles. The molecular weight excluding hydrogens is 508 g/mol. The van der Waals surface area contributed by atoms with Crippen LogP contribution < -0.4 is 9.64 Å². The Morgan fingerprint density at radius 3 is 2.38 bits per heavy atom. The number of morpholine rings is 2. The molecular formula is C28H27F2N5O4. The number of fused-ring (bicyclic) bond motifs is 5. The van der Waals surface area contributed by atoms with Crippen LogP contribution >= 0.6 is 0 Å². The summed E-state index contributed by atoms with van der Waals surface area (Å²) in [5, 5.41) is 11.3. The van der Waals surface area contributed by atoms with Crippen LogP contribution in [-0.2, 0) is 15.1 Å². The summed E-state index contributed by atoms with van der Waals surface area (Å²) in [4.78, 5) is 16.3. The Morgan fingerprint density at radius 1 is 1.00 bits per heavy atom. The van der Waals surface area contributed by atoms with E-state index in [1.165, 1.54) is 6.07 Å². The number of halogens is 2. The highest BCUT2D eigenvalue weighted by atomic mass is 19.3. The maximum atomic E-state index is 13.2. The number of hydrogen-bond donors (Lipinski definition) is 1. The molecule has 0 spiro atoms. The molecule has 3 aliphatic rings. The number of aliphatic hydroxyl groups is 1. The van der Waals surface area contributed by atoms with E-state index in [9.17, 15) is 13.9 Å². The second-order valence-electron chi connectivity index (χ2n) is 10.5. The highest BCUT2D eigenvalue weighted by Gasteiger charge is 2.45. The highest BCUT2D eigenvalue weighted by Crippen LogP contribution is 2.49. The first-order chi connectivity index (χ1) is 18.9. The minimum Gasteiger partial charge on any atom is -0.435 e. The highest BCUT2D eigenvalue weighted by molar-refractivity contribution is 5.65. The molecule has 11 heteroatoms. The van der Waals surface area contributed by atoms with Gasteiger partial charge in [-0.2, -0.15) is 8.78 Å². The normalized spacial score (nSPS) is 26.3. The zero-order valence-electron chi connectivity index (χ0n) is 21.2. The van der Waals surface area contributed by atoms with Gasteiger partial charge in [-0.05, 0) is 31.5 Å². The standard InChI is InChI=1S/C28H27F2N5O4/c1-28(36)8-21(20-4-2-3-5-22(20)39-26(29)30)24-25(28)33-23-7-6-16(11-34(23)24)17-9-31-27(32-10-17)35-18-12-37-14-19(35)15-38-13-18/h2-7,9-11,18-19,21,26,36H,8,12-15H2,1H3. The van der Waals surface area contributed by atoms with E-state index in [1.54, 1.807) is 37.5 Å². The van der Waals surface area contributed by atoms with Gasteiger partial charge in [-0.3, -0.25) is 0 Å². The van der Waals surface area contributed by atoms with Crippen molar-refractivity contribution in [2.45, 2.75) is 43.6 Å². The topological polar surface area (TPSA) is 94.2 Å². The van der Waals surface area contributed by atoms with Crippen molar-refractivity contribution in [1.29, 1.82) is 0 Å². The Kier molecular flexibility index (Phi) is 5.76. The smallest absolute Gasteiger partial charge is 0.387 e. The van der Waals surface area contributed by atoms with Gasteiger partial charge >= 0.3 is 6.61 Å². The number of benzene rings is 1.